The van der Waals surface area contributed by atoms with Gasteiger partial charge >= 0.3 is 0 Å². The molecule has 144 valence electrons. The van der Waals surface area contributed by atoms with Crippen LogP contribution in [0.5, 0.6) is 5.75 Å². The quantitative estimate of drug-likeness (QED) is 0.865. The van der Waals surface area contributed by atoms with Crippen LogP contribution in [0.1, 0.15) is 31.7 Å². The Balaban J connectivity index is 1.79. The number of piperazine rings is 1. The van der Waals surface area contributed by atoms with E-state index in [1.807, 2.05) is 17.0 Å². The first kappa shape index (κ1) is 19.4. The van der Waals surface area contributed by atoms with Crippen molar-refractivity contribution in [1.29, 1.82) is 0 Å². The van der Waals surface area contributed by atoms with Gasteiger partial charge in [0.2, 0.25) is 5.91 Å². The third-order valence-corrected chi connectivity index (χ3v) is 5.83. The second kappa shape index (κ2) is 8.57. The molecule has 0 bridgehead atoms. The van der Waals surface area contributed by atoms with E-state index in [0.29, 0.717) is 6.42 Å². The Morgan fingerprint density at radius 1 is 1.11 bits per heavy atom. The molecule has 1 aliphatic heterocycles. The second-order valence-corrected chi connectivity index (χ2v) is 7.75. The van der Waals surface area contributed by atoms with E-state index in [1.165, 1.54) is 5.57 Å². The van der Waals surface area contributed by atoms with Crippen molar-refractivity contribution in [3.63, 3.8) is 0 Å². The van der Waals surface area contributed by atoms with Crippen LogP contribution in [-0.4, -0.2) is 54.0 Å². The molecule has 1 aliphatic carbocycles. The summed E-state index contributed by atoms with van der Waals surface area (Å²) in [6.07, 6.45) is 12.8. The molecule has 1 amide bonds. The maximum absolute atomic E-state index is 12.8. The lowest BCUT2D eigenvalue weighted by atomic mass is 9.72. The molecule has 1 N–H and O–H groups in total. The Kier molecular flexibility index (Phi) is 6.17. The van der Waals surface area contributed by atoms with Crippen molar-refractivity contribution in [3.05, 3.63) is 65.8 Å². The third kappa shape index (κ3) is 4.69. The van der Waals surface area contributed by atoms with Crippen LogP contribution >= 0.6 is 0 Å². The van der Waals surface area contributed by atoms with Crippen molar-refractivity contribution >= 4 is 5.91 Å². The zero-order chi connectivity index (χ0) is 19.3. The highest BCUT2D eigenvalue weighted by molar-refractivity contribution is 5.76. The highest BCUT2D eigenvalue weighted by Crippen LogP contribution is 2.39. The first-order chi connectivity index (χ1) is 13.0. The van der Waals surface area contributed by atoms with Gasteiger partial charge in [0.05, 0.1) is 0 Å². The monoisotopic (exact) mass is 366 g/mol. The predicted molar refractivity (Wildman–Crippen MR) is 110 cm³/mol. The van der Waals surface area contributed by atoms with Crippen LogP contribution in [-0.2, 0) is 10.2 Å². The number of allylic oxidation sites excluding steroid dienone is 6. The van der Waals surface area contributed by atoms with Crippen LogP contribution in [0.4, 0.5) is 0 Å². The number of phenolic OH excluding ortho intramolecular Hbond substituents is 1. The Hall–Kier alpha value is -2.33. The number of nitrogens with zero attached hydrogens (tertiary/aromatic N) is 2. The molecule has 0 radical (unpaired) electrons. The molecule has 1 aromatic carbocycles. The topological polar surface area (TPSA) is 43.8 Å². The normalized spacial score (nSPS) is 20.1. The minimum atomic E-state index is -0.265. The number of carbonyl (C=O) groups excluding carboxylic acids is 1. The number of carbonyl (C=O) groups is 1. The van der Waals surface area contributed by atoms with Gasteiger partial charge in [0.1, 0.15) is 5.75 Å². The maximum atomic E-state index is 12.8. The summed E-state index contributed by atoms with van der Waals surface area (Å²) in [5.41, 5.74) is 2.09. The summed E-state index contributed by atoms with van der Waals surface area (Å²) < 4.78 is 0. The molecule has 0 aromatic heterocycles. The van der Waals surface area contributed by atoms with Gasteiger partial charge in [-0.2, -0.15) is 0 Å². The minimum absolute atomic E-state index is 0.240. The van der Waals surface area contributed by atoms with Gasteiger partial charge in [-0.05, 0) is 43.2 Å². The van der Waals surface area contributed by atoms with Crippen molar-refractivity contribution < 1.29 is 9.90 Å². The average Bonchev–Trinajstić information content (AvgIpc) is 2.97. The van der Waals surface area contributed by atoms with Crippen molar-refractivity contribution in [1.82, 2.24) is 9.80 Å². The molecule has 1 aromatic rings. The smallest absolute Gasteiger partial charge is 0.222 e. The Labute approximate surface area is 162 Å². The van der Waals surface area contributed by atoms with Gasteiger partial charge in [0.25, 0.3) is 0 Å². The Morgan fingerprint density at radius 3 is 2.52 bits per heavy atom. The fourth-order valence-electron chi connectivity index (χ4n) is 3.84. The first-order valence-electron chi connectivity index (χ1n) is 9.79. The molecular weight excluding hydrogens is 336 g/mol. The molecule has 0 spiro atoms. The summed E-state index contributed by atoms with van der Waals surface area (Å²) >= 11 is 0. The van der Waals surface area contributed by atoms with Crippen LogP contribution in [0.2, 0.25) is 0 Å². The average molecular weight is 367 g/mol. The van der Waals surface area contributed by atoms with E-state index in [2.05, 4.69) is 49.3 Å². The number of amides is 1. The number of hydrogen-bond acceptors (Lipinski definition) is 3. The summed E-state index contributed by atoms with van der Waals surface area (Å²) in [4.78, 5) is 17.1. The van der Waals surface area contributed by atoms with Gasteiger partial charge in [-0.15, -0.1) is 0 Å². The van der Waals surface area contributed by atoms with E-state index >= 15 is 0 Å². The Morgan fingerprint density at radius 2 is 1.81 bits per heavy atom. The minimum Gasteiger partial charge on any atom is -0.508 e. The fraction of sp³-hybridized carbons (Fsp3) is 0.435. The Bertz CT molecular complexity index is 740. The van der Waals surface area contributed by atoms with E-state index < -0.39 is 0 Å². The van der Waals surface area contributed by atoms with Crippen LogP contribution in [0.15, 0.2) is 60.2 Å². The molecular formula is C23H30N2O2. The van der Waals surface area contributed by atoms with Crippen LogP contribution in [0.25, 0.3) is 0 Å². The molecule has 1 fully saturated rings. The number of likely N-dealkylation sites (N-methyl/N-ethyl adjacent to an activating group) is 1. The molecule has 4 nitrogen and oxygen atoms in total. The lowest BCUT2D eigenvalue weighted by molar-refractivity contribution is -0.133. The van der Waals surface area contributed by atoms with Crippen molar-refractivity contribution in [2.75, 3.05) is 33.2 Å². The molecule has 27 heavy (non-hydrogen) atoms. The molecule has 1 unspecified atom stereocenters. The van der Waals surface area contributed by atoms with E-state index in [1.54, 1.807) is 12.1 Å². The lowest BCUT2D eigenvalue weighted by Gasteiger charge is -2.35. The van der Waals surface area contributed by atoms with E-state index in [0.717, 1.165) is 44.6 Å². The van der Waals surface area contributed by atoms with Crippen molar-refractivity contribution in [2.45, 2.75) is 31.6 Å². The van der Waals surface area contributed by atoms with E-state index in [9.17, 15) is 9.90 Å². The number of benzene rings is 1. The summed E-state index contributed by atoms with van der Waals surface area (Å²) in [6.45, 7) is 5.73. The third-order valence-electron chi connectivity index (χ3n) is 5.83. The largest absolute Gasteiger partial charge is 0.508 e. The highest BCUT2D eigenvalue weighted by Gasteiger charge is 2.31. The van der Waals surface area contributed by atoms with E-state index in [-0.39, 0.29) is 17.1 Å². The number of rotatable bonds is 5. The van der Waals surface area contributed by atoms with Crippen molar-refractivity contribution in [3.8, 4) is 5.75 Å². The van der Waals surface area contributed by atoms with Crippen LogP contribution in [0, 0.1) is 0 Å². The van der Waals surface area contributed by atoms with Gasteiger partial charge in [-0.25, -0.2) is 0 Å². The molecule has 2 aliphatic rings. The summed E-state index contributed by atoms with van der Waals surface area (Å²) in [7, 11) is 2.10. The summed E-state index contributed by atoms with van der Waals surface area (Å²) in [6, 6.07) is 7.41. The lowest BCUT2D eigenvalue weighted by Crippen LogP contribution is -2.47. The van der Waals surface area contributed by atoms with Gasteiger partial charge in [-0.1, -0.05) is 49.4 Å². The highest BCUT2D eigenvalue weighted by atomic mass is 16.3. The molecule has 3 rings (SSSR count). The van der Waals surface area contributed by atoms with Gasteiger partial charge < -0.3 is 14.9 Å². The summed E-state index contributed by atoms with van der Waals surface area (Å²) in [5, 5.41) is 9.68. The van der Waals surface area contributed by atoms with Crippen molar-refractivity contribution in [2.24, 2.45) is 0 Å². The van der Waals surface area contributed by atoms with Gasteiger partial charge in [-0.3, -0.25) is 4.79 Å². The zero-order valence-electron chi connectivity index (χ0n) is 16.4. The van der Waals surface area contributed by atoms with Crippen LogP contribution < -0.4 is 0 Å². The van der Waals surface area contributed by atoms with Gasteiger partial charge in [0, 0.05) is 38.0 Å². The molecule has 1 saturated heterocycles. The zero-order valence-corrected chi connectivity index (χ0v) is 16.4. The first-order valence-corrected chi connectivity index (χ1v) is 9.79. The summed E-state index contributed by atoms with van der Waals surface area (Å²) in [5.74, 6) is 0.506. The maximum Gasteiger partial charge on any atom is 0.222 e. The SMILES string of the molecule is CN1CCN(C(=O)CCC(C)(C2=CCC=CC=C2)c2ccc(O)cc2)CC1. The van der Waals surface area contributed by atoms with E-state index in [4.69, 9.17) is 0 Å². The van der Waals surface area contributed by atoms with Crippen LogP contribution in [0.3, 0.4) is 0 Å². The number of aromatic hydroxyl groups is 1. The predicted octanol–water partition coefficient (Wildman–Crippen LogP) is 3.65. The molecule has 1 atom stereocenters. The molecule has 0 saturated carbocycles. The molecule has 1 heterocycles. The fourth-order valence-corrected chi connectivity index (χ4v) is 3.84. The number of phenols is 1. The number of hydrogen-bond donors (Lipinski definition) is 1. The second-order valence-electron chi connectivity index (χ2n) is 7.75. The molecule has 4 heteroatoms. The standard InChI is InChI=1S/C23H30N2O2/c1-23(19-7-5-3-4-6-8-19,20-9-11-21(26)12-10-20)14-13-22(27)25-17-15-24(2)16-18-25/h3-5,7-12,26H,6,13-18H2,1-2H3. The van der Waals surface area contributed by atoms with Gasteiger partial charge in [0.15, 0.2) is 0 Å².